The molecule has 0 unspecified atom stereocenters. The highest BCUT2D eigenvalue weighted by molar-refractivity contribution is 5.91. The molecule has 17 heavy (non-hydrogen) atoms. The molecule has 0 saturated heterocycles. The Balaban J connectivity index is 3.29. The van der Waals surface area contributed by atoms with Crippen molar-refractivity contribution in [3.05, 3.63) is 34.4 Å². The van der Waals surface area contributed by atoms with Crippen LogP contribution in [-0.4, -0.2) is 17.7 Å². The van der Waals surface area contributed by atoms with Gasteiger partial charge in [0.2, 0.25) is 0 Å². The summed E-state index contributed by atoms with van der Waals surface area (Å²) in [4.78, 5) is 11.7. The third kappa shape index (κ3) is 2.83. The average molecular weight is 233 g/mol. The fourth-order valence-corrected chi connectivity index (χ4v) is 1.62. The fourth-order valence-electron chi connectivity index (χ4n) is 1.62. The number of aliphatic hydroxyl groups excluding tert-OH is 1. The van der Waals surface area contributed by atoms with E-state index in [9.17, 15) is 4.79 Å². The van der Waals surface area contributed by atoms with Gasteiger partial charge in [0.05, 0.1) is 30.4 Å². The molecule has 0 aromatic heterocycles. The number of hydrogen-bond donors (Lipinski definition) is 1. The van der Waals surface area contributed by atoms with E-state index in [0.29, 0.717) is 29.7 Å². The number of esters is 1. The lowest BCUT2D eigenvalue weighted by Gasteiger charge is -2.10. The van der Waals surface area contributed by atoms with E-state index in [2.05, 4.69) is 0 Å². The van der Waals surface area contributed by atoms with Gasteiger partial charge in [0.25, 0.3) is 0 Å². The van der Waals surface area contributed by atoms with E-state index in [4.69, 9.17) is 15.1 Å². The average Bonchev–Trinajstić information content (AvgIpc) is 2.37. The van der Waals surface area contributed by atoms with Crippen LogP contribution in [0, 0.1) is 11.3 Å². The minimum absolute atomic E-state index is 0.209. The standard InChI is InChI=1S/C13H15NO3/c1-3-9-5-11(8-15)10(7-14)6-12(9)13(16)17-4-2/h5-6,15H,3-4,8H2,1-2H3. The number of carbonyl (C=O) groups is 1. The summed E-state index contributed by atoms with van der Waals surface area (Å²) in [5.74, 6) is -0.426. The number of benzene rings is 1. The van der Waals surface area contributed by atoms with Crippen LogP contribution in [0.2, 0.25) is 0 Å². The predicted molar refractivity (Wildman–Crippen MR) is 62.4 cm³/mol. The monoisotopic (exact) mass is 233 g/mol. The predicted octanol–water partition coefficient (Wildman–Crippen LogP) is 1.79. The van der Waals surface area contributed by atoms with Gasteiger partial charge in [0.1, 0.15) is 0 Å². The Kier molecular flexibility index (Phi) is 4.68. The van der Waals surface area contributed by atoms with Gasteiger partial charge in [0.15, 0.2) is 0 Å². The van der Waals surface area contributed by atoms with Crippen molar-refractivity contribution in [3.8, 4) is 6.07 Å². The highest BCUT2D eigenvalue weighted by Crippen LogP contribution is 2.18. The zero-order valence-electron chi connectivity index (χ0n) is 9.99. The molecule has 0 fully saturated rings. The van der Waals surface area contributed by atoms with Crippen LogP contribution >= 0.6 is 0 Å². The molecule has 0 bridgehead atoms. The number of aliphatic hydroxyl groups is 1. The number of nitrogens with zero attached hydrogens (tertiary/aromatic N) is 1. The van der Waals surface area contributed by atoms with Gasteiger partial charge in [0, 0.05) is 0 Å². The molecule has 1 aromatic rings. The normalized spacial score (nSPS) is 9.76. The molecule has 0 aliphatic heterocycles. The van der Waals surface area contributed by atoms with Crippen LogP contribution in [0.4, 0.5) is 0 Å². The summed E-state index contributed by atoms with van der Waals surface area (Å²) >= 11 is 0. The van der Waals surface area contributed by atoms with Gasteiger partial charge in [-0.05, 0) is 30.5 Å². The Morgan fingerprint density at radius 1 is 1.41 bits per heavy atom. The van der Waals surface area contributed by atoms with Crippen LogP contribution in [0.15, 0.2) is 12.1 Å². The summed E-state index contributed by atoms with van der Waals surface area (Å²) in [5.41, 5.74) is 2.04. The van der Waals surface area contributed by atoms with Gasteiger partial charge in [-0.2, -0.15) is 5.26 Å². The van der Waals surface area contributed by atoms with Crippen LogP contribution in [-0.2, 0) is 17.8 Å². The first kappa shape index (κ1) is 13.2. The van der Waals surface area contributed by atoms with E-state index in [0.717, 1.165) is 5.56 Å². The third-order valence-electron chi connectivity index (χ3n) is 2.50. The van der Waals surface area contributed by atoms with Crippen molar-refractivity contribution in [2.24, 2.45) is 0 Å². The molecule has 0 spiro atoms. The molecule has 1 rings (SSSR count). The van der Waals surface area contributed by atoms with Gasteiger partial charge in [-0.3, -0.25) is 0 Å². The Bertz CT molecular complexity index is 460. The quantitative estimate of drug-likeness (QED) is 0.805. The summed E-state index contributed by atoms with van der Waals surface area (Å²) in [6.07, 6.45) is 0.646. The first-order valence-electron chi connectivity index (χ1n) is 5.51. The van der Waals surface area contributed by atoms with Gasteiger partial charge in [-0.25, -0.2) is 4.79 Å². The maximum absolute atomic E-state index is 11.7. The minimum atomic E-state index is -0.426. The maximum atomic E-state index is 11.7. The first-order chi connectivity index (χ1) is 8.17. The lowest BCUT2D eigenvalue weighted by molar-refractivity contribution is 0.0525. The Morgan fingerprint density at radius 2 is 2.12 bits per heavy atom. The van der Waals surface area contributed by atoms with Crippen molar-refractivity contribution in [2.75, 3.05) is 6.61 Å². The van der Waals surface area contributed by atoms with E-state index in [-0.39, 0.29) is 6.61 Å². The molecular formula is C13H15NO3. The van der Waals surface area contributed by atoms with Crippen molar-refractivity contribution in [2.45, 2.75) is 26.9 Å². The lowest BCUT2D eigenvalue weighted by Crippen LogP contribution is -2.09. The van der Waals surface area contributed by atoms with Gasteiger partial charge < -0.3 is 9.84 Å². The van der Waals surface area contributed by atoms with Crippen molar-refractivity contribution in [1.82, 2.24) is 0 Å². The molecule has 1 N–H and O–H groups in total. The van der Waals surface area contributed by atoms with Crippen molar-refractivity contribution in [1.29, 1.82) is 5.26 Å². The molecule has 0 amide bonds. The summed E-state index contributed by atoms with van der Waals surface area (Å²) in [5, 5.41) is 18.1. The molecule has 0 aliphatic carbocycles. The smallest absolute Gasteiger partial charge is 0.338 e. The number of carbonyl (C=O) groups excluding carboxylic acids is 1. The molecule has 1 aromatic carbocycles. The summed E-state index contributed by atoms with van der Waals surface area (Å²) in [7, 11) is 0. The molecule has 4 heteroatoms. The molecule has 0 atom stereocenters. The first-order valence-corrected chi connectivity index (χ1v) is 5.51. The third-order valence-corrected chi connectivity index (χ3v) is 2.50. The number of rotatable bonds is 4. The van der Waals surface area contributed by atoms with Crippen LogP contribution in [0.1, 0.15) is 40.9 Å². The molecule has 4 nitrogen and oxygen atoms in total. The second kappa shape index (κ2) is 6.02. The van der Waals surface area contributed by atoms with Crippen LogP contribution < -0.4 is 0 Å². The molecule has 0 radical (unpaired) electrons. The van der Waals surface area contributed by atoms with Crippen molar-refractivity contribution < 1.29 is 14.6 Å². The Hall–Kier alpha value is -1.86. The van der Waals surface area contributed by atoms with Crippen LogP contribution in [0.25, 0.3) is 0 Å². The van der Waals surface area contributed by atoms with E-state index >= 15 is 0 Å². The van der Waals surface area contributed by atoms with Crippen molar-refractivity contribution >= 4 is 5.97 Å². The summed E-state index contributed by atoms with van der Waals surface area (Å²) in [6, 6.07) is 5.14. The van der Waals surface area contributed by atoms with Gasteiger partial charge in [-0.15, -0.1) is 0 Å². The highest BCUT2D eigenvalue weighted by atomic mass is 16.5. The SMILES string of the molecule is CCOC(=O)c1cc(C#N)c(CO)cc1CC. The number of nitriles is 1. The van der Waals surface area contributed by atoms with E-state index < -0.39 is 5.97 Å². The number of ether oxygens (including phenoxy) is 1. The van der Waals surface area contributed by atoms with E-state index in [1.807, 2.05) is 13.0 Å². The van der Waals surface area contributed by atoms with Crippen molar-refractivity contribution in [3.63, 3.8) is 0 Å². The molecule has 0 saturated carbocycles. The number of aryl methyl sites for hydroxylation is 1. The molecule has 0 aliphatic rings. The van der Waals surface area contributed by atoms with Gasteiger partial charge in [-0.1, -0.05) is 13.0 Å². The zero-order chi connectivity index (χ0) is 12.8. The minimum Gasteiger partial charge on any atom is -0.462 e. The molecule has 90 valence electrons. The lowest BCUT2D eigenvalue weighted by atomic mass is 9.97. The Labute approximate surface area is 100 Å². The Morgan fingerprint density at radius 3 is 2.59 bits per heavy atom. The second-order valence-electron chi connectivity index (χ2n) is 3.51. The summed E-state index contributed by atoms with van der Waals surface area (Å²) < 4.78 is 4.93. The second-order valence-corrected chi connectivity index (χ2v) is 3.51. The van der Waals surface area contributed by atoms with Crippen LogP contribution in [0.5, 0.6) is 0 Å². The zero-order valence-corrected chi connectivity index (χ0v) is 9.99. The number of hydrogen-bond acceptors (Lipinski definition) is 4. The highest BCUT2D eigenvalue weighted by Gasteiger charge is 2.15. The fraction of sp³-hybridized carbons (Fsp3) is 0.385. The topological polar surface area (TPSA) is 70.3 Å². The largest absolute Gasteiger partial charge is 0.462 e. The van der Waals surface area contributed by atoms with Crippen LogP contribution in [0.3, 0.4) is 0 Å². The molecule has 0 heterocycles. The molecular weight excluding hydrogens is 218 g/mol. The maximum Gasteiger partial charge on any atom is 0.338 e. The van der Waals surface area contributed by atoms with E-state index in [1.165, 1.54) is 6.07 Å². The van der Waals surface area contributed by atoms with E-state index in [1.54, 1.807) is 13.0 Å². The summed E-state index contributed by atoms with van der Waals surface area (Å²) in [6.45, 7) is 3.73. The van der Waals surface area contributed by atoms with Gasteiger partial charge >= 0.3 is 5.97 Å².